The molecule has 0 unspecified atom stereocenters. The Hall–Kier alpha value is -1.27. The summed E-state index contributed by atoms with van der Waals surface area (Å²) in [5, 5.41) is 8.87. The van der Waals surface area contributed by atoms with E-state index >= 15 is 0 Å². The molecule has 5 nitrogen and oxygen atoms in total. The van der Waals surface area contributed by atoms with Crippen LogP contribution >= 0.6 is 23.2 Å². The Morgan fingerprint density at radius 1 is 1.22 bits per heavy atom. The van der Waals surface area contributed by atoms with E-state index in [2.05, 4.69) is 10.5 Å². The summed E-state index contributed by atoms with van der Waals surface area (Å²) >= 11 is 13.0. The molecule has 1 N–H and O–H groups in total. The van der Waals surface area contributed by atoms with E-state index in [9.17, 15) is 0 Å². The second-order valence-corrected chi connectivity index (χ2v) is 8.61. The molecule has 27 heavy (non-hydrogen) atoms. The minimum absolute atomic E-state index is 0.299. The van der Waals surface area contributed by atoms with Gasteiger partial charge in [-0.3, -0.25) is 0 Å². The van der Waals surface area contributed by atoms with Crippen LogP contribution < -0.4 is 10.1 Å². The number of aromatic nitrogens is 1. The monoisotopic (exact) mass is 408 g/mol. The van der Waals surface area contributed by atoms with E-state index in [0.717, 1.165) is 37.1 Å². The molecule has 2 aliphatic carbocycles. The van der Waals surface area contributed by atoms with E-state index in [1.54, 1.807) is 19.2 Å². The van der Waals surface area contributed by atoms with Crippen LogP contribution in [0.1, 0.15) is 42.9 Å². The van der Waals surface area contributed by atoms with Crippen LogP contribution in [-0.4, -0.2) is 31.0 Å². The molecule has 0 amide bonds. The molecule has 1 aromatic carbocycles. The van der Waals surface area contributed by atoms with Crippen LogP contribution in [0.2, 0.25) is 10.0 Å². The molecule has 2 heterocycles. The number of methoxy groups -OCH3 is 1. The molecule has 0 radical (unpaired) electrons. The van der Waals surface area contributed by atoms with Gasteiger partial charge in [-0.2, -0.15) is 0 Å². The molecule has 3 atom stereocenters. The summed E-state index contributed by atoms with van der Waals surface area (Å²) in [7, 11) is 1.59. The summed E-state index contributed by atoms with van der Waals surface area (Å²) < 4.78 is 17.3. The Labute approximate surface area is 168 Å². The number of fused-ring (bicyclic) bond motifs is 2. The quantitative estimate of drug-likeness (QED) is 0.743. The van der Waals surface area contributed by atoms with Gasteiger partial charge in [0.2, 0.25) is 0 Å². The third kappa shape index (κ3) is 3.25. The molecule has 2 aromatic rings. The van der Waals surface area contributed by atoms with Gasteiger partial charge < -0.3 is 19.3 Å². The lowest BCUT2D eigenvalue weighted by atomic mass is 10.0. The van der Waals surface area contributed by atoms with E-state index in [-0.39, 0.29) is 0 Å². The fraction of sp³-hybridized carbons (Fsp3) is 0.550. The Balaban J connectivity index is 1.46. The maximum atomic E-state index is 6.51. The number of hydrogen-bond acceptors (Lipinski definition) is 5. The van der Waals surface area contributed by atoms with Crippen LogP contribution in [0, 0.1) is 5.92 Å². The zero-order chi connectivity index (χ0) is 18.5. The van der Waals surface area contributed by atoms with Crippen molar-refractivity contribution in [2.45, 2.75) is 50.4 Å². The smallest absolute Gasteiger partial charge is 0.145 e. The SMILES string of the molecule is COc1cc(Cl)c(-c2noc(C3CC3)c2CO[C@@H]2C[C@@H]3C[C@H]2CN3)c(Cl)c1. The number of piperidine rings is 1. The molecule has 7 heteroatoms. The van der Waals surface area contributed by atoms with Crippen molar-refractivity contribution >= 4 is 23.2 Å². The van der Waals surface area contributed by atoms with E-state index < -0.39 is 0 Å². The molecule has 1 aliphatic heterocycles. The average Bonchev–Trinajstić information content (AvgIpc) is 3.09. The minimum atomic E-state index is 0.299. The minimum Gasteiger partial charge on any atom is -0.497 e. The highest BCUT2D eigenvalue weighted by Crippen LogP contribution is 2.47. The van der Waals surface area contributed by atoms with Gasteiger partial charge in [-0.15, -0.1) is 0 Å². The maximum absolute atomic E-state index is 6.51. The molecule has 1 aromatic heterocycles. The molecular weight excluding hydrogens is 387 g/mol. The summed E-state index contributed by atoms with van der Waals surface area (Å²) in [5.41, 5.74) is 2.36. The highest BCUT2D eigenvalue weighted by molar-refractivity contribution is 6.39. The Morgan fingerprint density at radius 3 is 2.59 bits per heavy atom. The first-order valence-corrected chi connectivity index (χ1v) is 10.3. The van der Waals surface area contributed by atoms with Gasteiger partial charge in [0.25, 0.3) is 0 Å². The first-order valence-electron chi connectivity index (χ1n) is 9.51. The van der Waals surface area contributed by atoms with E-state index in [1.807, 2.05) is 0 Å². The number of ether oxygens (including phenoxy) is 2. The number of rotatable bonds is 6. The number of hydrogen-bond donors (Lipinski definition) is 1. The Kier molecular flexibility index (Phi) is 4.59. The number of halogens is 2. The molecule has 144 valence electrons. The first-order chi connectivity index (χ1) is 13.1. The molecule has 5 rings (SSSR count). The van der Waals surface area contributed by atoms with Crippen LogP contribution in [0.15, 0.2) is 16.7 Å². The van der Waals surface area contributed by atoms with Crippen LogP contribution in [0.3, 0.4) is 0 Å². The fourth-order valence-electron chi connectivity index (χ4n) is 4.40. The highest BCUT2D eigenvalue weighted by atomic mass is 35.5. The highest BCUT2D eigenvalue weighted by Gasteiger charge is 2.41. The van der Waals surface area contributed by atoms with Crippen molar-refractivity contribution in [1.82, 2.24) is 10.5 Å². The van der Waals surface area contributed by atoms with Crippen molar-refractivity contribution in [3.63, 3.8) is 0 Å². The zero-order valence-corrected chi connectivity index (χ0v) is 16.6. The van der Waals surface area contributed by atoms with Gasteiger partial charge in [0.15, 0.2) is 0 Å². The lowest BCUT2D eigenvalue weighted by Crippen LogP contribution is -2.34. The van der Waals surface area contributed by atoms with Gasteiger partial charge in [0, 0.05) is 29.6 Å². The number of benzene rings is 1. The normalized spacial score (nSPS) is 26.7. The molecule has 0 spiro atoms. The summed E-state index contributed by atoms with van der Waals surface area (Å²) in [6.07, 6.45) is 4.85. The van der Waals surface area contributed by atoms with Crippen LogP contribution in [0.25, 0.3) is 11.3 Å². The topological polar surface area (TPSA) is 56.5 Å². The summed E-state index contributed by atoms with van der Waals surface area (Å²) in [6, 6.07) is 4.11. The fourth-order valence-corrected chi connectivity index (χ4v) is 5.04. The predicted molar refractivity (Wildman–Crippen MR) is 104 cm³/mol. The van der Waals surface area contributed by atoms with E-state index in [0.29, 0.717) is 57.6 Å². The molecule has 2 saturated carbocycles. The van der Waals surface area contributed by atoms with Crippen molar-refractivity contribution in [2.75, 3.05) is 13.7 Å². The second-order valence-electron chi connectivity index (χ2n) is 7.80. The maximum Gasteiger partial charge on any atom is 0.145 e. The second kappa shape index (κ2) is 6.96. The number of nitrogens with zero attached hydrogens (tertiary/aromatic N) is 1. The van der Waals surface area contributed by atoms with E-state index in [4.69, 9.17) is 37.2 Å². The number of nitrogens with one attached hydrogen (secondary N) is 1. The van der Waals surface area contributed by atoms with Crippen LogP contribution in [0.5, 0.6) is 5.75 Å². The van der Waals surface area contributed by atoms with Crippen molar-refractivity contribution in [1.29, 1.82) is 0 Å². The standard InChI is InChI=1S/C20H22Cl2N2O3/c1-25-13-6-15(21)18(16(22)7-13)19-14(20(27-24-19)10-2-3-10)9-26-17-5-12-4-11(17)8-23-12/h6-7,10-12,17,23H,2-5,8-9H2,1H3/t11-,12-,17+/m0/s1. The van der Waals surface area contributed by atoms with Crippen molar-refractivity contribution in [2.24, 2.45) is 5.92 Å². The van der Waals surface area contributed by atoms with Gasteiger partial charge in [0.05, 0.1) is 29.9 Å². The van der Waals surface area contributed by atoms with Gasteiger partial charge in [0.1, 0.15) is 17.2 Å². The third-order valence-corrected chi connectivity index (χ3v) is 6.59. The molecule has 2 bridgehead atoms. The van der Waals surface area contributed by atoms with Crippen molar-refractivity contribution in [3.8, 4) is 17.0 Å². The van der Waals surface area contributed by atoms with Crippen molar-refractivity contribution < 1.29 is 14.0 Å². The zero-order valence-electron chi connectivity index (χ0n) is 15.1. The average molecular weight is 409 g/mol. The summed E-state index contributed by atoms with van der Waals surface area (Å²) in [6.45, 7) is 1.54. The molecule has 3 fully saturated rings. The summed E-state index contributed by atoms with van der Waals surface area (Å²) in [4.78, 5) is 0. The lowest BCUT2D eigenvalue weighted by molar-refractivity contribution is 0.00914. The molecular formula is C20H22Cl2N2O3. The largest absolute Gasteiger partial charge is 0.497 e. The van der Waals surface area contributed by atoms with E-state index in [1.165, 1.54) is 6.42 Å². The third-order valence-electron chi connectivity index (χ3n) is 6.00. The van der Waals surface area contributed by atoms with Gasteiger partial charge in [-0.05, 0) is 43.7 Å². The summed E-state index contributed by atoms with van der Waals surface area (Å²) in [5.74, 6) is 2.58. The Morgan fingerprint density at radius 2 is 2.00 bits per heavy atom. The van der Waals surface area contributed by atoms with Gasteiger partial charge in [-0.1, -0.05) is 28.4 Å². The Bertz CT molecular complexity index is 842. The van der Waals surface area contributed by atoms with Crippen molar-refractivity contribution in [3.05, 3.63) is 33.5 Å². The van der Waals surface area contributed by atoms with Gasteiger partial charge >= 0.3 is 0 Å². The van der Waals surface area contributed by atoms with Gasteiger partial charge in [-0.25, -0.2) is 0 Å². The molecule has 3 aliphatic rings. The molecule has 1 saturated heterocycles. The first kappa shape index (κ1) is 17.8. The predicted octanol–water partition coefficient (Wildman–Crippen LogP) is 4.80. The van der Waals surface area contributed by atoms with Crippen LogP contribution in [0.4, 0.5) is 0 Å². The lowest BCUT2D eigenvalue weighted by Gasteiger charge is -2.23. The van der Waals surface area contributed by atoms with Crippen LogP contribution in [-0.2, 0) is 11.3 Å².